The van der Waals surface area contributed by atoms with Crippen LogP contribution in [0.4, 0.5) is 0 Å². The molecule has 0 atom stereocenters. The van der Waals surface area contributed by atoms with Gasteiger partial charge >= 0.3 is 0 Å². The second-order valence-corrected chi connectivity index (χ2v) is 4.60. The van der Waals surface area contributed by atoms with Gasteiger partial charge in [-0.3, -0.25) is 4.98 Å². The molecule has 0 unspecified atom stereocenters. The molecule has 1 heterocycles. The molecule has 0 radical (unpaired) electrons. The summed E-state index contributed by atoms with van der Waals surface area (Å²) in [6, 6.07) is 4.07. The fourth-order valence-corrected chi connectivity index (χ4v) is 1.57. The number of aromatic nitrogens is 1. The van der Waals surface area contributed by atoms with Crippen molar-refractivity contribution in [2.24, 2.45) is 0 Å². The topological polar surface area (TPSA) is 24.9 Å². The summed E-state index contributed by atoms with van der Waals surface area (Å²) < 4.78 is 1.03. The predicted octanol–water partition coefficient (Wildman–Crippen LogP) is 3.33. The SMILES string of the molecule is CCCNCC/C=C/Cc1ccc(Br)cn1. The predicted molar refractivity (Wildman–Crippen MR) is 72.6 cm³/mol. The number of hydrogen-bond donors (Lipinski definition) is 1. The lowest BCUT2D eigenvalue weighted by molar-refractivity contribution is 0.678. The Kier molecular flexibility index (Phi) is 7.10. The van der Waals surface area contributed by atoms with Crippen molar-refractivity contribution in [2.45, 2.75) is 26.2 Å². The van der Waals surface area contributed by atoms with Crippen molar-refractivity contribution in [3.8, 4) is 0 Å². The molecular weight excluding hydrogens is 264 g/mol. The molecule has 1 aromatic heterocycles. The van der Waals surface area contributed by atoms with Crippen molar-refractivity contribution in [3.63, 3.8) is 0 Å². The van der Waals surface area contributed by atoms with E-state index >= 15 is 0 Å². The number of pyridine rings is 1. The Balaban J connectivity index is 2.14. The summed E-state index contributed by atoms with van der Waals surface area (Å²) in [5.74, 6) is 0. The Bertz CT molecular complexity index is 306. The maximum absolute atomic E-state index is 4.31. The third-order valence-electron chi connectivity index (χ3n) is 2.20. The number of nitrogens with one attached hydrogen (secondary N) is 1. The van der Waals surface area contributed by atoms with Crippen molar-refractivity contribution in [3.05, 3.63) is 40.6 Å². The highest BCUT2D eigenvalue weighted by Crippen LogP contribution is 2.07. The third-order valence-corrected chi connectivity index (χ3v) is 2.67. The molecule has 1 aromatic rings. The Morgan fingerprint density at radius 1 is 1.31 bits per heavy atom. The highest BCUT2D eigenvalue weighted by atomic mass is 79.9. The zero-order valence-corrected chi connectivity index (χ0v) is 11.3. The van der Waals surface area contributed by atoms with Crippen LogP contribution in [-0.2, 0) is 6.42 Å². The van der Waals surface area contributed by atoms with E-state index in [2.05, 4.69) is 45.3 Å². The molecule has 0 saturated carbocycles. The van der Waals surface area contributed by atoms with Gasteiger partial charge in [0, 0.05) is 22.8 Å². The van der Waals surface area contributed by atoms with Gasteiger partial charge in [0.1, 0.15) is 0 Å². The summed E-state index contributed by atoms with van der Waals surface area (Å²) in [6.45, 7) is 4.36. The summed E-state index contributed by atoms with van der Waals surface area (Å²) in [5, 5.41) is 3.37. The van der Waals surface area contributed by atoms with Crippen LogP contribution in [0.25, 0.3) is 0 Å². The molecule has 88 valence electrons. The van der Waals surface area contributed by atoms with E-state index < -0.39 is 0 Å². The first-order valence-electron chi connectivity index (χ1n) is 5.79. The maximum Gasteiger partial charge on any atom is 0.0442 e. The highest BCUT2D eigenvalue weighted by Gasteiger charge is 1.90. The molecule has 1 rings (SSSR count). The smallest absolute Gasteiger partial charge is 0.0442 e. The van der Waals surface area contributed by atoms with Crippen LogP contribution in [0.2, 0.25) is 0 Å². The Morgan fingerprint density at radius 2 is 2.19 bits per heavy atom. The molecule has 0 aliphatic carbocycles. The van der Waals surface area contributed by atoms with Gasteiger partial charge in [-0.05, 0) is 54.0 Å². The van der Waals surface area contributed by atoms with Gasteiger partial charge in [-0.1, -0.05) is 19.1 Å². The van der Waals surface area contributed by atoms with Crippen molar-refractivity contribution in [2.75, 3.05) is 13.1 Å². The molecule has 0 saturated heterocycles. The molecule has 0 aliphatic rings. The molecule has 0 spiro atoms. The molecule has 0 aliphatic heterocycles. The zero-order valence-electron chi connectivity index (χ0n) is 9.75. The first-order valence-corrected chi connectivity index (χ1v) is 6.58. The van der Waals surface area contributed by atoms with Gasteiger partial charge in [-0.2, -0.15) is 0 Å². The van der Waals surface area contributed by atoms with Gasteiger partial charge in [0.25, 0.3) is 0 Å². The summed E-state index contributed by atoms with van der Waals surface area (Å²) in [5.41, 5.74) is 1.11. The lowest BCUT2D eigenvalue weighted by atomic mass is 10.2. The van der Waals surface area contributed by atoms with E-state index in [-0.39, 0.29) is 0 Å². The zero-order chi connectivity index (χ0) is 11.6. The number of allylic oxidation sites excluding steroid dienone is 1. The van der Waals surface area contributed by atoms with Gasteiger partial charge in [-0.25, -0.2) is 0 Å². The Labute approximate surface area is 106 Å². The van der Waals surface area contributed by atoms with Crippen LogP contribution in [0.15, 0.2) is 35.0 Å². The molecule has 1 N–H and O–H groups in total. The first-order chi connectivity index (χ1) is 7.83. The quantitative estimate of drug-likeness (QED) is 0.613. The molecule has 2 nitrogen and oxygen atoms in total. The van der Waals surface area contributed by atoms with Gasteiger partial charge in [0.05, 0.1) is 0 Å². The summed E-state index contributed by atoms with van der Waals surface area (Å²) in [4.78, 5) is 4.31. The van der Waals surface area contributed by atoms with E-state index in [9.17, 15) is 0 Å². The van der Waals surface area contributed by atoms with Gasteiger partial charge in [-0.15, -0.1) is 0 Å². The lowest BCUT2D eigenvalue weighted by Gasteiger charge is -1.98. The molecule has 0 bridgehead atoms. The van der Waals surface area contributed by atoms with Crippen molar-refractivity contribution < 1.29 is 0 Å². The van der Waals surface area contributed by atoms with Gasteiger partial charge in [0.2, 0.25) is 0 Å². The fourth-order valence-electron chi connectivity index (χ4n) is 1.34. The minimum absolute atomic E-state index is 0.918. The average molecular weight is 283 g/mol. The summed E-state index contributed by atoms with van der Waals surface area (Å²) in [6.07, 6.45) is 9.45. The number of hydrogen-bond acceptors (Lipinski definition) is 2. The monoisotopic (exact) mass is 282 g/mol. The normalized spacial score (nSPS) is 11.1. The van der Waals surface area contributed by atoms with E-state index in [1.54, 1.807) is 0 Å². The van der Waals surface area contributed by atoms with E-state index in [1.807, 2.05) is 18.3 Å². The molecular formula is C13H19BrN2. The minimum Gasteiger partial charge on any atom is -0.316 e. The first kappa shape index (κ1) is 13.4. The van der Waals surface area contributed by atoms with Crippen molar-refractivity contribution in [1.82, 2.24) is 10.3 Å². The summed E-state index contributed by atoms with van der Waals surface area (Å²) in [7, 11) is 0. The van der Waals surface area contributed by atoms with Gasteiger partial charge in [0.15, 0.2) is 0 Å². The van der Waals surface area contributed by atoms with Crippen LogP contribution in [0.5, 0.6) is 0 Å². The molecule has 0 amide bonds. The van der Waals surface area contributed by atoms with Crippen molar-refractivity contribution >= 4 is 15.9 Å². The van der Waals surface area contributed by atoms with E-state index in [1.165, 1.54) is 6.42 Å². The average Bonchev–Trinajstić information content (AvgIpc) is 2.30. The minimum atomic E-state index is 0.918. The molecule has 16 heavy (non-hydrogen) atoms. The van der Waals surface area contributed by atoms with Crippen LogP contribution in [-0.4, -0.2) is 18.1 Å². The second kappa shape index (κ2) is 8.48. The lowest BCUT2D eigenvalue weighted by Crippen LogP contribution is -2.15. The number of rotatable bonds is 7. The fraction of sp³-hybridized carbons (Fsp3) is 0.462. The van der Waals surface area contributed by atoms with E-state index in [0.29, 0.717) is 0 Å². The summed E-state index contributed by atoms with van der Waals surface area (Å²) >= 11 is 3.37. The molecule has 0 fully saturated rings. The number of halogens is 1. The van der Waals surface area contributed by atoms with Crippen LogP contribution in [0.3, 0.4) is 0 Å². The third kappa shape index (κ3) is 6.03. The van der Waals surface area contributed by atoms with Crippen molar-refractivity contribution in [1.29, 1.82) is 0 Å². The van der Waals surface area contributed by atoms with E-state index in [0.717, 1.165) is 36.1 Å². The van der Waals surface area contributed by atoms with Crippen LogP contribution < -0.4 is 5.32 Å². The maximum atomic E-state index is 4.31. The number of nitrogens with zero attached hydrogens (tertiary/aromatic N) is 1. The molecule has 0 aromatic carbocycles. The standard InChI is InChI=1S/C13H19BrN2/c1-2-9-15-10-5-3-4-6-13-8-7-12(14)11-16-13/h3-4,7-8,11,15H,2,5-6,9-10H2,1H3/b4-3+. The molecule has 3 heteroatoms. The Hall–Kier alpha value is -0.670. The Morgan fingerprint density at radius 3 is 2.88 bits per heavy atom. The van der Waals surface area contributed by atoms with E-state index in [4.69, 9.17) is 0 Å². The second-order valence-electron chi connectivity index (χ2n) is 3.68. The van der Waals surface area contributed by atoms with Crippen LogP contribution in [0.1, 0.15) is 25.5 Å². The van der Waals surface area contributed by atoms with Gasteiger partial charge < -0.3 is 5.32 Å². The van der Waals surface area contributed by atoms with Crippen LogP contribution in [0, 0.1) is 0 Å². The largest absolute Gasteiger partial charge is 0.316 e. The van der Waals surface area contributed by atoms with Crippen LogP contribution >= 0.6 is 15.9 Å². The highest BCUT2D eigenvalue weighted by molar-refractivity contribution is 9.10.